The van der Waals surface area contributed by atoms with Gasteiger partial charge in [-0.05, 0) is 25.0 Å². The number of methoxy groups -OCH3 is 1. The van der Waals surface area contributed by atoms with E-state index in [2.05, 4.69) is 21.9 Å². The van der Waals surface area contributed by atoms with Crippen LogP contribution in [0.25, 0.3) is 0 Å². The van der Waals surface area contributed by atoms with Crippen LogP contribution in [0.4, 0.5) is 5.69 Å². The molecule has 0 aliphatic carbocycles. The summed E-state index contributed by atoms with van der Waals surface area (Å²) in [5.41, 5.74) is 1.10. The van der Waals surface area contributed by atoms with E-state index in [1.165, 1.54) is 20.0 Å². The lowest BCUT2D eigenvalue weighted by atomic mass is 10.2. The lowest BCUT2D eigenvalue weighted by Gasteiger charge is -2.28. The van der Waals surface area contributed by atoms with E-state index in [0.717, 1.165) is 18.8 Å². The van der Waals surface area contributed by atoms with Gasteiger partial charge in [-0.1, -0.05) is 18.2 Å². The number of nitrogens with zero attached hydrogens (tertiary/aromatic N) is 2. The van der Waals surface area contributed by atoms with Gasteiger partial charge in [0.15, 0.2) is 6.17 Å². The van der Waals surface area contributed by atoms with Crippen LogP contribution in [0.5, 0.6) is 0 Å². The molecule has 18 heavy (non-hydrogen) atoms. The van der Waals surface area contributed by atoms with E-state index in [4.69, 9.17) is 4.74 Å². The number of carbonyl (C=O) groups is 1. The van der Waals surface area contributed by atoms with Gasteiger partial charge in [-0.25, -0.2) is 4.79 Å². The third-order valence-electron chi connectivity index (χ3n) is 3.94. The summed E-state index contributed by atoms with van der Waals surface area (Å²) in [5, 5.41) is 0. The van der Waals surface area contributed by atoms with Crippen molar-refractivity contribution in [3.05, 3.63) is 30.3 Å². The molecule has 4 heteroatoms. The van der Waals surface area contributed by atoms with Gasteiger partial charge in [0, 0.05) is 24.8 Å². The van der Waals surface area contributed by atoms with Crippen molar-refractivity contribution < 1.29 is 9.53 Å². The first-order valence-corrected chi connectivity index (χ1v) is 6.46. The molecule has 0 spiro atoms. The molecule has 0 bridgehead atoms. The van der Waals surface area contributed by atoms with Crippen molar-refractivity contribution in [3.63, 3.8) is 0 Å². The van der Waals surface area contributed by atoms with Crippen LogP contribution < -0.4 is 4.90 Å². The number of fused-ring (bicyclic) bond motifs is 1. The van der Waals surface area contributed by atoms with E-state index in [1.807, 2.05) is 18.2 Å². The van der Waals surface area contributed by atoms with Gasteiger partial charge < -0.3 is 9.64 Å². The summed E-state index contributed by atoms with van der Waals surface area (Å²) < 4.78 is 4.97. The van der Waals surface area contributed by atoms with Crippen molar-refractivity contribution in [2.24, 2.45) is 0 Å². The number of hydrogen-bond donors (Lipinski definition) is 0. The van der Waals surface area contributed by atoms with Crippen molar-refractivity contribution in [1.82, 2.24) is 4.90 Å². The normalized spacial score (nSPS) is 27.3. The highest BCUT2D eigenvalue weighted by Gasteiger charge is 2.46. The Hall–Kier alpha value is -1.55. The Kier molecular flexibility index (Phi) is 2.96. The molecule has 0 amide bonds. The Morgan fingerprint density at radius 3 is 2.83 bits per heavy atom. The maximum Gasteiger partial charge on any atom is 0.343 e. The molecule has 0 radical (unpaired) electrons. The summed E-state index contributed by atoms with van der Waals surface area (Å²) in [6.45, 7) is 1.91. The Balaban J connectivity index is 1.91. The van der Waals surface area contributed by atoms with Crippen LogP contribution in [0.1, 0.15) is 12.8 Å². The molecule has 1 aromatic carbocycles. The fourth-order valence-corrected chi connectivity index (χ4v) is 3.12. The molecule has 0 saturated carbocycles. The smallest absolute Gasteiger partial charge is 0.343 e. The second kappa shape index (κ2) is 4.61. The Morgan fingerprint density at radius 2 is 2.11 bits per heavy atom. The minimum Gasteiger partial charge on any atom is -0.466 e. The average molecular weight is 246 g/mol. The number of anilines is 1. The molecule has 4 nitrogen and oxygen atoms in total. The molecular weight excluding hydrogens is 228 g/mol. The summed E-state index contributed by atoms with van der Waals surface area (Å²) in [6.07, 6.45) is 2.11. The van der Waals surface area contributed by atoms with Crippen LogP contribution in [0.15, 0.2) is 30.3 Å². The predicted octanol–water partition coefficient (Wildman–Crippen LogP) is 1.47. The maximum absolute atomic E-state index is 12.0. The Morgan fingerprint density at radius 1 is 1.33 bits per heavy atom. The zero-order valence-corrected chi connectivity index (χ0v) is 10.6. The molecule has 96 valence electrons. The number of benzene rings is 1. The zero-order valence-electron chi connectivity index (χ0n) is 10.6. The molecule has 1 aromatic rings. The van der Waals surface area contributed by atoms with Crippen molar-refractivity contribution in [1.29, 1.82) is 0 Å². The first-order valence-electron chi connectivity index (χ1n) is 6.46. The highest BCUT2D eigenvalue weighted by molar-refractivity contribution is 5.80. The van der Waals surface area contributed by atoms with Crippen LogP contribution in [-0.2, 0) is 9.53 Å². The van der Waals surface area contributed by atoms with Crippen molar-refractivity contribution in [2.45, 2.75) is 25.0 Å². The van der Waals surface area contributed by atoms with Crippen LogP contribution in [0.2, 0.25) is 0 Å². The third-order valence-corrected chi connectivity index (χ3v) is 3.94. The van der Waals surface area contributed by atoms with Gasteiger partial charge >= 0.3 is 5.97 Å². The number of hydrogen-bond acceptors (Lipinski definition) is 4. The molecular formula is C14H18N2O2. The number of carbonyl (C=O) groups excluding carboxylic acids is 1. The fraction of sp³-hybridized carbons (Fsp3) is 0.500. The van der Waals surface area contributed by atoms with E-state index in [1.54, 1.807) is 0 Å². The van der Waals surface area contributed by atoms with Gasteiger partial charge in [-0.3, -0.25) is 4.90 Å². The van der Waals surface area contributed by atoms with Crippen molar-refractivity contribution >= 4 is 11.7 Å². The highest BCUT2D eigenvalue weighted by atomic mass is 16.5. The van der Waals surface area contributed by atoms with Gasteiger partial charge in [0.1, 0.15) is 0 Å². The van der Waals surface area contributed by atoms with E-state index in [-0.39, 0.29) is 12.1 Å². The summed E-state index contributed by atoms with van der Waals surface area (Å²) in [4.78, 5) is 16.5. The molecule has 2 aliphatic heterocycles. The molecule has 2 atom stereocenters. The van der Waals surface area contributed by atoms with Gasteiger partial charge in [0.2, 0.25) is 0 Å². The monoisotopic (exact) mass is 246 g/mol. The fourth-order valence-electron chi connectivity index (χ4n) is 3.12. The lowest BCUT2D eigenvalue weighted by molar-refractivity contribution is -0.145. The average Bonchev–Trinajstić information content (AvgIpc) is 2.98. The summed E-state index contributed by atoms with van der Waals surface area (Å²) in [7, 11) is 1.47. The lowest BCUT2D eigenvalue weighted by Crippen LogP contribution is -2.46. The van der Waals surface area contributed by atoms with Gasteiger partial charge in [0.05, 0.1) is 7.11 Å². The number of para-hydroxylation sites is 1. The first-order chi connectivity index (χ1) is 8.81. The molecule has 0 N–H and O–H groups in total. The molecule has 2 heterocycles. The zero-order chi connectivity index (χ0) is 12.5. The van der Waals surface area contributed by atoms with Crippen molar-refractivity contribution in [3.8, 4) is 0 Å². The van der Waals surface area contributed by atoms with E-state index in [9.17, 15) is 4.79 Å². The van der Waals surface area contributed by atoms with Crippen LogP contribution in [0, 0.1) is 0 Å². The summed E-state index contributed by atoms with van der Waals surface area (Å²) in [6, 6.07) is 10.6. The molecule has 2 saturated heterocycles. The Labute approximate surface area is 107 Å². The van der Waals surface area contributed by atoms with E-state index >= 15 is 0 Å². The second-order valence-electron chi connectivity index (χ2n) is 4.92. The van der Waals surface area contributed by atoms with Gasteiger partial charge in [-0.15, -0.1) is 0 Å². The van der Waals surface area contributed by atoms with E-state index in [0.29, 0.717) is 6.04 Å². The van der Waals surface area contributed by atoms with Crippen molar-refractivity contribution in [2.75, 3.05) is 25.1 Å². The number of rotatable bonds is 2. The molecule has 2 aliphatic rings. The number of esters is 1. The molecule has 0 unspecified atom stereocenters. The predicted molar refractivity (Wildman–Crippen MR) is 69.3 cm³/mol. The third kappa shape index (κ3) is 1.77. The minimum atomic E-state index is -0.245. The molecule has 3 rings (SSSR count). The minimum absolute atomic E-state index is 0.150. The second-order valence-corrected chi connectivity index (χ2v) is 4.92. The van der Waals surface area contributed by atoms with Crippen LogP contribution in [0.3, 0.4) is 0 Å². The highest BCUT2D eigenvalue weighted by Crippen LogP contribution is 2.33. The van der Waals surface area contributed by atoms with Gasteiger partial charge in [-0.2, -0.15) is 0 Å². The Bertz CT molecular complexity index is 435. The van der Waals surface area contributed by atoms with Gasteiger partial charge in [0.25, 0.3) is 0 Å². The van der Waals surface area contributed by atoms with Crippen LogP contribution in [-0.4, -0.2) is 43.3 Å². The summed E-state index contributed by atoms with van der Waals surface area (Å²) >= 11 is 0. The topological polar surface area (TPSA) is 32.8 Å². The maximum atomic E-state index is 12.0. The SMILES string of the molecule is COC(=O)[C@H]1N(c2ccccc2)C[C@@H]2CCCN21. The molecule has 0 aromatic heterocycles. The largest absolute Gasteiger partial charge is 0.466 e. The molecule has 2 fully saturated rings. The van der Waals surface area contributed by atoms with Crippen LogP contribution >= 0.6 is 0 Å². The summed E-state index contributed by atoms with van der Waals surface area (Å²) in [5.74, 6) is -0.150. The number of ether oxygens (including phenoxy) is 1. The standard InChI is InChI=1S/C14H18N2O2/c1-18-14(17)13-15-9-5-8-12(15)10-16(13)11-6-3-2-4-7-11/h2-4,6-7,12-13H,5,8-10H2,1H3/t12-,13+/m0/s1. The van der Waals surface area contributed by atoms with E-state index < -0.39 is 0 Å². The quantitative estimate of drug-likeness (QED) is 0.740. The first kappa shape index (κ1) is 11.5.